The van der Waals surface area contributed by atoms with Crippen molar-refractivity contribution in [2.45, 2.75) is 20.3 Å². The van der Waals surface area contributed by atoms with Gasteiger partial charge in [0.25, 0.3) is 0 Å². The van der Waals surface area contributed by atoms with Crippen LogP contribution in [0.1, 0.15) is 18.1 Å². The van der Waals surface area contributed by atoms with Gasteiger partial charge in [0, 0.05) is 23.8 Å². The van der Waals surface area contributed by atoms with E-state index in [0.29, 0.717) is 0 Å². The van der Waals surface area contributed by atoms with E-state index in [1.165, 1.54) is 11.1 Å². The molecule has 3 rings (SSSR count). The van der Waals surface area contributed by atoms with Crippen molar-refractivity contribution in [2.75, 3.05) is 5.32 Å². The van der Waals surface area contributed by atoms with Crippen LogP contribution in [0, 0.1) is 6.92 Å². The van der Waals surface area contributed by atoms with E-state index < -0.39 is 0 Å². The molecule has 1 N–H and O–H groups in total. The molecular formula is C18H19N3. The Labute approximate surface area is 125 Å². The molecule has 2 aromatic carbocycles. The highest BCUT2D eigenvalue weighted by atomic mass is 15.2. The molecule has 0 radical (unpaired) electrons. The van der Waals surface area contributed by atoms with Gasteiger partial charge in [-0.2, -0.15) is 0 Å². The lowest BCUT2D eigenvalue weighted by Crippen LogP contribution is -2.04. The van der Waals surface area contributed by atoms with Gasteiger partial charge in [0.15, 0.2) is 0 Å². The highest BCUT2D eigenvalue weighted by molar-refractivity contribution is 5.64. The Morgan fingerprint density at radius 3 is 2.62 bits per heavy atom. The Morgan fingerprint density at radius 2 is 1.86 bits per heavy atom. The first-order valence-electron chi connectivity index (χ1n) is 7.24. The molecule has 106 valence electrons. The van der Waals surface area contributed by atoms with Crippen molar-refractivity contribution in [1.29, 1.82) is 0 Å². The van der Waals surface area contributed by atoms with Gasteiger partial charge in [-0.05, 0) is 36.6 Å². The summed E-state index contributed by atoms with van der Waals surface area (Å²) in [5.41, 5.74) is 4.79. The standard InChI is InChI=1S/C18H19N3/c1-3-15-9-7-8-14(2)17(15)20-18-19-12-13-21(18)16-10-5-4-6-11-16/h4-13H,3H2,1-2H3,(H,19,20). The minimum Gasteiger partial charge on any atom is -0.325 e. The topological polar surface area (TPSA) is 29.9 Å². The normalized spacial score (nSPS) is 10.6. The van der Waals surface area contributed by atoms with Crippen LogP contribution in [0.4, 0.5) is 11.6 Å². The van der Waals surface area contributed by atoms with Crippen molar-refractivity contribution in [2.24, 2.45) is 0 Å². The lowest BCUT2D eigenvalue weighted by atomic mass is 10.1. The Hall–Kier alpha value is -2.55. The van der Waals surface area contributed by atoms with Crippen molar-refractivity contribution in [3.05, 3.63) is 72.1 Å². The Balaban J connectivity index is 1.99. The highest BCUT2D eigenvalue weighted by Crippen LogP contribution is 2.25. The van der Waals surface area contributed by atoms with E-state index in [9.17, 15) is 0 Å². The molecule has 0 saturated carbocycles. The Bertz CT molecular complexity index is 729. The van der Waals surface area contributed by atoms with Crippen LogP contribution in [0.15, 0.2) is 60.9 Å². The minimum absolute atomic E-state index is 0.838. The minimum atomic E-state index is 0.838. The molecule has 21 heavy (non-hydrogen) atoms. The molecule has 0 aliphatic carbocycles. The van der Waals surface area contributed by atoms with Crippen molar-refractivity contribution >= 4 is 11.6 Å². The fourth-order valence-electron chi connectivity index (χ4n) is 2.51. The number of para-hydroxylation sites is 2. The van der Waals surface area contributed by atoms with Crippen molar-refractivity contribution < 1.29 is 0 Å². The summed E-state index contributed by atoms with van der Waals surface area (Å²) in [6.45, 7) is 4.29. The largest absolute Gasteiger partial charge is 0.325 e. The molecule has 1 heterocycles. The van der Waals surface area contributed by atoms with E-state index >= 15 is 0 Å². The van der Waals surface area contributed by atoms with E-state index in [1.807, 2.05) is 30.6 Å². The number of imidazole rings is 1. The van der Waals surface area contributed by atoms with Gasteiger partial charge in [0.2, 0.25) is 5.95 Å². The van der Waals surface area contributed by atoms with Crippen LogP contribution in [0.2, 0.25) is 0 Å². The zero-order valence-corrected chi connectivity index (χ0v) is 12.4. The predicted molar refractivity (Wildman–Crippen MR) is 87.4 cm³/mol. The molecule has 0 atom stereocenters. The molecule has 0 fully saturated rings. The van der Waals surface area contributed by atoms with Crippen LogP contribution in [-0.2, 0) is 6.42 Å². The van der Waals surface area contributed by atoms with Gasteiger partial charge in [-0.1, -0.05) is 43.3 Å². The van der Waals surface area contributed by atoms with Gasteiger partial charge < -0.3 is 5.32 Å². The first-order valence-corrected chi connectivity index (χ1v) is 7.24. The third-order valence-corrected chi connectivity index (χ3v) is 3.65. The smallest absolute Gasteiger partial charge is 0.212 e. The van der Waals surface area contributed by atoms with Crippen molar-refractivity contribution in [3.8, 4) is 5.69 Å². The monoisotopic (exact) mass is 277 g/mol. The molecule has 0 aliphatic heterocycles. The third kappa shape index (κ3) is 2.68. The van der Waals surface area contributed by atoms with Crippen LogP contribution in [-0.4, -0.2) is 9.55 Å². The lowest BCUT2D eigenvalue weighted by Gasteiger charge is -2.15. The molecule has 0 amide bonds. The van der Waals surface area contributed by atoms with Gasteiger partial charge in [-0.25, -0.2) is 4.98 Å². The molecule has 1 aromatic heterocycles. The number of hydrogen-bond acceptors (Lipinski definition) is 2. The fraction of sp³-hybridized carbons (Fsp3) is 0.167. The van der Waals surface area contributed by atoms with Crippen LogP contribution < -0.4 is 5.32 Å². The SMILES string of the molecule is CCc1cccc(C)c1Nc1nccn1-c1ccccc1. The second-order valence-corrected chi connectivity index (χ2v) is 5.04. The quantitative estimate of drug-likeness (QED) is 0.761. The third-order valence-electron chi connectivity index (χ3n) is 3.65. The number of benzene rings is 2. The summed E-state index contributed by atoms with van der Waals surface area (Å²) < 4.78 is 2.06. The first kappa shape index (κ1) is 13.4. The number of anilines is 2. The number of nitrogens with zero attached hydrogens (tertiary/aromatic N) is 2. The van der Waals surface area contributed by atoms with Gasteiger partial charge in [-0.15, -0.1) is 0 Å². The van der Waals surface area contributed by atoms with E-state index in [0.717, 1.165) is 23.7 Å². The summed E-state index contributed by atoms with van der Waals surface area (Å²) >= 11 is 0. The van der Waals surface area contributed by atoms with E-state index in [2.05, 4.69) is 59.0 Å². The Morgan fingerprint density at radius 1 is 1.05 bits per heavy atom. The van der Waals surface area contributed by atoms with Crippen molar-refractivity contribution in [1.82, 2.24) is 9.55 Å². The molecular weight excluding hydrogens is 258 g/mol. The number of hydrogen-bond donors (Lipinski definition) is 1. The average Bonchev–Trinajstić information content (AvgIpc) is 2.98. The van der Waals surface area contributed by atoms with Gasteiger partial charge in [0.1, 0.15) is 0 Å². The summed E-state index contributed by atoms with van der Waals surface area (Å²) in [5.74, 6) is 0.838. The fourth-order valence-corrected chi connectivity index (χ4v) is 2.51. The predicted octanol–water partition coefficient (Wildman–Crippen LogP) is 4.49. The van der Waals surface area contributed by atoms with E-state index in [1.54, 1.807) is 0 Å². The highest BCUT2D eigenvalue weighted by Gasteiger charge is 2.09. The summed E-state index contributed by atoms with van der Waals surface area (Å²) in [6, 6.07) is 16.6. The average molecular weight is 277 g/mol. The molecule has 3 aromatic rings. The summed E-state index contributed by atoms with van der Waals surface area (Å²) in [4.78, 5) is 4.46. The summed E-state index contributed by atoms with van der Waals surface area (Å²) in [6.07, 6.45) is 4.79. The maximum absolute atomic E-state index is 4.46. The van der Waals surface area contributed by atoms with Crippen LogP contribution in [0.3, 0.4) is 0 Å². The number of aryl methyl sites for hydroxylation is 2. The molecule has 0 spiro atoms. The van der Waals surface area contributed by atoms with E-state index in [4.69, 9.17) is 0 Å². The van der Waals surface area contributed by atoms with Crippen LogP contribution in [0.25, 0.3) is 5.69 Å². The molecule has 0 aliphatic rings. The molecule has 0 unspecified atom stereocenters. The zero-order chi connectivity index (χ0) is 14.7. The van der Waals surface area contributed by atoms with Crippen LogP contribution >= 0.6 is 0 Å². The van der Waals surface area contributed by atoms with E-state index in [-0.39, 0.29) is 0 Å². The van der Waals surface area contributed by atoms with Crippen molar-refractivity contribution in [3.63, 3.8) is 0 Å². The second kappa shape index (κ2) is 5.83. The molecule has 0 bridgehead atoms. The maximum atomic E-state index is 4.46. The maximum Gasteiger partial charge on any atom is 0.212 e. The second-order valence-electron chi connectivity index (χ2n) is 5.04. The molecule has 3 heteroatoms. The zero-order valence-electron chi connectivity index (χ0n) is 12.4. The van der Waals surface area contributed by atoms with Gasteiger partial charge in [-0.3, -0.25) is 4.57 Å². The molecule has 3 nitrogen and oxygen atoms in total. The lowest BCUT2D eigenvalue weighted by molar-refractivity contribution is 1.05. The number of nitrogens with one attached hydrogen (secondary N) is 1. The first-order chi connectivity index (χ1) is 10.3. The van der Waals surface area contributed by atoms with Gasteiger partial charge in [0.05, 0.1) is 0 Å². The van der Waals surface area contributed by atoms with Crippen LogP contribution in [0.5, 0.6) is 0 Å². The number of rotatable bonds is 4. The Kier molecular flexibility index (Phi) is 3.73. The molecule has 0 saturated heterocycles. The summed E-state index contributed by atoms with van der Waals surface area (Å²) in [5, 5.41) is 3.49. The number of aromatic nitrogens is 2. The van der Waals surface area contributed by atoms with Gasteiger partial charge >= 0.3 is 0 Å². The summed E-state index contributed by atoms with van der Waals surface area (Å²) in [7, 11) is 0.